The standard InChI is InChI=1S/C22H17BrClN3O3/c23-13-5-4-8-16(11-13)25-19(20(28)26-15-6-2-1-3-7-15)22(30)17-10-9-14(24)12-18(17)27-21(22)29/h1-12,19,25,30H,(H,26,28)(H,27,29). The Hall–Kier alpha value is -2.87. The van der Waals surface area contributed by atoms with Gasteiger partial charge in [-0.25, -0.2) is 0 Å². The van der Waals surface area contributed by atoms with Crippen LogP contribution in [0.15, 0.2) is 77.3 Å². The number of halogens is 2. The summed E-state index contributed by atoms with van der Waals surface area (Å²) in [5, 5.41) is 20.4. The molecule has 2 unspecified atom stereocenters. The van der Waals surface area contributed by atoms with Crippen LogP contribution in [0.4, 0.5) is 17.1 Å². The molecule has 0 saturated carbocycles. The Morgan fingerprint density at radius 3 is 2.50 bits per heavy atom. The first-order chi connectivity index (χ1) is 14.4. The van der Waals surface area contributed by atoms with Gasteiger partial charge in [0.05, 0.1) is 0 Å². The molecule has 8 heteroatoms. The predicted molar refractivity (Wildman–Crippen MR) is 121 cm³/mol. The van der Waals surface area contributed by atoms with Crippen molar-refractivity contribution in [3.05, 3.63) is 87.9 Å². The smallest absolute Gasteiger partial charge is 0.263 e. The number of fused-ring (bicyclic) bond motifs is 1. The second kappa shape index (κ2) is 8.10. The molecule has 1 aliphatic heterocycles. The molecule has 2 amide bonds. The highest BCUT2D eigenvalue weighted by molar-refractivity contribution is 9.10. The summed E-state index contributed by atoms with van der Waals surface area (Å²) >= 11 is 9.42. The van der Waals surface area contributed by atoms with Crippen molar-refractivity contribution in [2.75, 3.05) is 16.0 Å². The summed E-state index contributed by atoms with van der Waals surface area (Å²) < 4.78 is 0.782. The highest BCUT2D eigenvalue weighted by atomic mass is 79.9. The highest BCUT2D eigenvalue weighted by Gasteiger charge is 2.54. The maximum absolute atomic E-state index is 13.3. The number of carbonyl (C=O) groups is 2. The van der Waals surface area contributed by atoms with Gasteiger partial charge in [-0.3, -0.25) is 9.59 Å². The summed E-state index contributed by atoms with van der Waals surface area (Å²) in [5.41, 5.74) is -0.416. The molecule has 1 heterocycles. The van der Waals surface area contributed by atoms with E-state index in [1.54, 1.807) is 54.6 Å². The van der Waals surface area contributed by atoms with E-state index in [0.717, 1.165) is 4.47 Å². The van der Waals surface area contributed by atoms with Gasteiger partial charge in [-0.05, 0) is 42.5 Å². The van der Waals surface area contributed by atoms with Crippen molar-refractivity contribution in [3.63, 3.8) is 0 Å². The minimum atomic E-state index is -2.15. The summed E-state index contributed by atoms with van der Waals surface area (Å²) in [4.78, 5) is 26.2. The van der Waals surface area contributed by atoms with Crippen LogP contribution in [-0.4, -0.2) is 23.0 Å². The molecular weight excluding hydrogens is 470 g/mol. The van der Waals surface area contributed by atoms with Gasteiger partial charge in [0, 0.05) is 32.1 Å². The van der Waals surface area contributed by atoms with Crippen molar-refractivity contribution >= 4 is 56.4 Å². The van der Waals surface area contributed by atoms with Crippen LogP contribution in [0.2, 0.25) is 5.02 Å². The monoisotopic (exact) mass is 485 g/mol. The zero-order valence-electron chi connectivity index (χ0n) is 15.5. The number of para-hydroxylation sites is 1. The van der Waals surface area contributed by atoms with E-state index in [0.29, 0.717) is 22.1 Å². The minimum Gasteiger partial charge on any atom is -0.373 e. The first kappa shape index (κ1) is 20.4. The number of hydrogen-bond acceptors (Lipinski definition) is 4. The van der Waals surface area contributed by atoms with E-state index in [2.05, 4.69) is 31.9 Å². The topological polar surface area (TPSA) is 90.5 Å². The Bertz CT molecular complexity index is 1130. The minimum absolute atomic E-state index is 0.271. The van der Waals surface area contributed by atoms with Gasteiger partial charge in [0.1, 0.15) is 6.04 Å². The van der Waals surface area contributed by atoms with Crippen LogP contribution in [0.25, 0.3) is 0 Å². The molecule has 3 aromatic rings. The first-order valence-electron chi connectivity index (χ1n) is 9.10. The van der Waals surface area contributed by atoms with E-state index < -0.39 is 23.5 Å². The maximum atomic E-state index is 13.3. The Labute approximate surface area is 186 Å². The van der Waals surface area contributed by atoms with Crippen molar-refractivity contribution in [1.82, 2.24) is 0 Å². The lowest BCUT2D eigenvalue weighted by atomic mass is 9.86. The number of hydrogen-bond donors (Lipinski definition) is 4. The molecule has 152 valence electrons. The lowest BCUT2D eigenvalue weighted by molar-refractivity contribution is -0.140. The third-order valence-corrected chi connectivity index (χ3v) is 5.57. The highest BCUT2D eigenvalue weighted by Crippen LogP contribution is 2.41. The zero-order valence-corrected chi connectivity index (χ0v) is 17.9. The number of amides is 2. The molecule has 4 rings (SSSR count). The van der Waals surface area contributed by atoms with Gasteiger partial charge in [-0.15, -0.1) is 0 Å². The van der Waals surface area contributed by atoms with Gasteiger partial charge in [0.25, 0.3) is 11.8 Å². The van der Waals surface area contributed by atoms with E-state index in [9.17, 15) is 14.7 Å². The van der Waals surface area contributed by atoms with Gasteiger partial charge in [0.2, 0.25) is 0 Å². The molecule has 2 atom stereocenters. The fourth-order valence-corrected chi connectivity index (χ4v) is 3.99. The van der Waals surface area contributed by atoms with Gasteiger partial charge < -0.3 is 21.1 Å². The predicted octanol–water partition coefficient (Wildman–Crippen LogP) is 4.36. The van der Waals surface area contributed by atoms with Gasteiger partial charge in [0.15, 0.2) is 5.60 Å². The number of anilines is 3. The lowest BCUT2D eigenvalue weighted by Crippen LogP contribution is -2.55. The van der Waals surface area contributed by atoms with Gasteiger partial charge in [-0.2, -0.15) is 0 Å². The second-order valence-electron chi connectivity index (χ2n) is 6.85. The first-order valence-corrected chi connectivity index (χ1v) is 10.3. The molecular formula is C22H17BrClN3O3. The van der Waals surface area contributed by atoms with Gasteiger partial charge >= 0.3 is 0 Å². The molecule has 0 saturated heterocycles. The van der Waals surface area contributed by atoms with Crippen LogP contribution in [0.3, 0.4) is 0 Å². The molecule has 0 radical (unpaired) electrons. The van der Waals surface area contributed by atoms with Crippen molar-refractivity contribution < 1.29 is 14.7 Å². The van der Waals surface area contributed by atoms with Crippen LogP contribution in [0, 0.1) is 0 Å². The Morgan fingerprint density at radius 2 is 1.77 bits per heavy atom. The van der Waals surface area contributed by atoms with Gasteiger partial charge in [-0.1, -0.05) is 57.9 Å². The van der Waals surface area contributed by atoms with Crippen LogP contribution < -0.4 is 16.0 Å². The van der Waals surface area contributed by atoms with E-state index in [1.165, 1.54) is 6.07 Å². The average molecular weight is 487 g/mol. The number of aliphatic hydroxyl groups is 1. The summed E-state index contributed by atoms with van der Waals surface area (Å²) in [6.45, 7) is 0. The Balaban J connectivity index is 1.77. The van der Waals surface area contributed by atoms with Crippen LogP contribution >= 0.6 is 27.5 Å². The van der Waals surface area contributed by atoms with Crippen LogP contribution in [0.1, 0.15) is 5.56 Å². The lowest BCUT2D eigenvalue weighted by Gasteiger charge is -2.31. The summed E-state index contributed by atoms with van der Waals surface area (Å²) in [6, 6.07) is 19.3. The second-order valence-corrected chi connectivity index (χ2v) is 8.21. The van der Waals surface area contributed by atoms with E-state index in [1.807, 2.05) is 12.1 Å². The molecule has 3 aromatic carbocycles. The average Bonchev–Trinajstić information content (AvgIpc) is 2.97. The molecule has 0 spiro atoms. The summed E-state index contributed by atoms with van der Waals surface area (Å²) in [7, 11) is 0. The van der Waals surface area contributed by atoms with Crippen molar-refractivity contribution in [1.29, 1.82) is 0 Å². The van der Waals surface area contributed by atoms with E-state index in [-0.39, 0.29) is 5.56 Å². The van der Waals surface area contributed by atoms with E-state index in [4.69, 9.17) is 11.6 Å². The van der Waals surface area contributed by atoms with Crippen molar-refractivity contribution in [3.8, 4) is 0 Å². The third kappa shape index (κ3) is 3.79. The van der Waals surface area contributed by atoms with Crippen LogP contribution in [0.5, 0.6) is 0 Å². The van der Waals surface area contributed by atoms with Crippen molar-refractivity contribution in [2.24, 2.45) is 0 Å². The summed E-state index contributed by atoms with van der Waals surface area (Å²) in [6.07, 6.45) is 0. The number of rotatable bonds is 5. The van der Waals surface area contributed by atoms with Crippen LogP contribution in [-0.2, 0) is 15.2 Å². The molecule has 0 bridgehead atoms. The number of carbonyl (C=O) groups excluding carboxylic acids is 2. The fraction of sp³-hybridized carbons (Fsp3) is 0.0909. The van der Waals surface area contributed by atoms with Crippen molar-refractivity contribution in [2.45, 2.75) is 11.6 Å². The van der Waals surface area contributed by atoms with E-state index >= 15 is 0 Å². The number of benzene rings is 3. The summed E-state index contributed by atoms with van der Waals surface area (Å²) in [5.74, 6) is -1.28. The largest absolute Gasteiger partial charge is 0.373 e. The molecule has 1 aliphatic rings. The number of nitrogens with one attached hydrogen (secondary N) is 3. The molecule has 6 nitrogen and oxygen atoms in total. The normalized spacial score (nSPS) is 18.3. The molecule has 0 aliphatic carbocycles. The molecule has 30 heavy (non-hydrogen) atoms. The fourth-order valence-electron chi connectivity index (χ4n) is 3.42. The molecule has 0 fully saturated rings. The molecule has 0 aromatic heterocycles. The third-order valence-electron chi connectivity index (χ3n) is 4.84. The zero-order chi connectivity index (χ0) is 21.3. The molecule has 4 N–H and O–H groups in total. The SMILES string of the molecule is O=C(Nc1ccccc1)C(Nc1cccc(Br)c1)C1(O)C(=O)Nc2cc(Cl)ccc21. The maximum Gasteiger partial charge on any atom is 0.263 e. The Kier molecular flexibility index (Phi) is 5.51. The quantitative estimate of drug-likeness (QED) is 0.431. The Morgan fingerprint density at radius 1 is 1.03 bits per heavy atom.